The summed E-state index contributed by atoms with van der Waals surface area (Å²) < 4.78 is 25.9. The molecule has 1 aromatic rings. The van der Waals surface area contributed by atoms with E-state index in [0.29, 0.717) is 0 Å². The van der Waals surface area contributed by atoms with Crippen LogP contribution in [0, 0.1) is 0 Å². The Morgan fingerprint density at radius 1 is 1.42 bits per heavy atom. The lowest BCUT2D eigenvalue weighted by Crippen LogP contribution is -2.39. The van der Waals surface area contributed by atoms with Gasteiger partial charge in [-0.25, -0.2) is 18.1 Å². The van der Waals surface area contributed by atoms with E-state index in [1.165, 1.54) is 6.07 Å². The number of hydrogen-bond donors (Lipinski definition) is 2. The molecule has 0 aliphatic rings. The zero-order valence-electron chi connectivity index (χ0n) is 10.3. The summed E-state index contributed by atoms with van der Waals surface area (Å²) in [7, 11) is -3.85. The average molecular weight is 326 g/mol. The monoisotopic (exact) mass is 325 g/mol. The van der Waals surface area contributed by atoms with Crippen LogP contribution in [0.15, 0.2) is 17.2 Å². The van der Waals surface area contributed by atoms with Gasteiger partial charge in [0.05, 0.1) is 11.6 Å². The first-order valence-corrected chi connectivity index (χ1v) is 7.56. The third-order valence-electron chi connectivity index (χ3n) is 1.95. The summed E-state index contributed by atoms with van der Waals surface area (Å²) in [5, 5.41) is 2.60. The third-order valence-corrected chi connectivity index (χ3v) is 4.01. The molecule has 1 rings (SSSR count). The van der Waals surface area contributed by atoms with Crippen LogP contribution >= 0.6 is 23.2 Å². The van der Waals surface area contributed by atoms with E-state index in [1.807, 2.05) is 0 Å². The molecule has 0 aromatic carbocycles. The number of carbonyl (C=O) groups is 1. The van der Waals surface area contributed by atoms with Crippen molar-refractivity contribution in [3.05, 3.63) is 22.4 Å². The molecule has 19 heavy (non-hydrogen) atoms. The Labute approximate surface area is 121 Å². The van der Waals surface area contributed by atoms with Gasteiger partial charge in [0.2, 0.25) is 15.9 Å². The second kappa shape index (κ2) is 6.51. The summed E-state index contributed by atoms with van der Waals surface area (Å²) in [5.41, 5.74) is 0. The second-order valence-corrected chi connectivity index (χ2v) is 6.52. The van der Waals surface area contributed by atoms with Crippen molar-refractivity contribution in [2.75, 3.05) is 6.54 Å². The summed E-state index contributed by atoms with van der Waals surface area (Å²) in [6, 6.07) is 1.10. The number of aromatic nitrogens is 1. The van der Waals surface area contributed by atoms with Crippen LogP contribution in [0.5, 0.6) is 0 Å². The van der Waals surface area contributed by atoms with Crippen LogP contribution in [0.2, 0.25) is 10.2 Å². The van der Waals surface area contributed by atoms with Crippen LogP contribution in [0.25, 0.3) is 0 Å². The highest BCUT2D eigenvalue weighted by molar-refractivity contribution is 7.89. The van der Waals surface area contributed by atoms with Gasteiger partial charge in [-0.3, -0.25) is 4.79 Å². The first kappa shape index (κ1) is 16.2. The maximum Gasteiger partial charge on any atom is 0.242 e. The predicted molar refractivity (Wildman–Crippen MR) is 72.7 cm³/mol. The van der Waals surface area contributed by atoms with Crippen LogP contribution < -0.4 is 10.0 Å². The van der Waals surface area contributed by atoms with Crippen molar-refractivity contribution in [1.29, 1.82) is 0 Å². The minimum absolute atomic E-state index is 0.0122. The van der Waals surface area contributed by atoms with Gasteiger partial charge in [0.15, 0.2) is 0 Å². The van der Waals surface area contributed by atoms with E-state index in [0.717, 1.165) is 6.20 Å². The Morgan fingerprint density at radius 2 is 2.05 bits per heavy atom. The predicted octanol–water partition coefficient (Wildman–Crippen LogP) is 1.19. The van der Waals surface area contributed by atoms with Crippen LogP contribution in [0.4, 0.5) is 0 Å². The molecule has 1 heterocycles. The average Bonchev–Trinajstić information content (AvgIpc) is 2.29. The van der Waals surface area contributed by atoms with Crippen LogP contribution in [-0.4, -0.2) is 31.9 Å². The van der Waals surface area contributed by atoms with Crippen LogP contribution in [0.1, 0.15) is 13.8 Å². The minimum atomic E-state index is -3.85. The number of halogens is 2. The number of hydrogen-bond acceptors (Lipinski definition) is 4. The van der Waals surface area contributed by atoms with Gasteiger partial charge < -0.3 is 5.32 Å². The fourth-order valence-corrected chi connectivity index (χ4v) is 2.45. The molecule has 6 nitrogen and oxygen atoms in total. The van der Waals surface area contributed by atoms with Crippen LogP contribution in [-0.2, 0) is 14.8 Å². The molecular weight excluding hydrogens is 313 g/mol. The van der Waals surface area contributed by atoms with Gasteiger partial charge in [0.25, 0.3) is 0 Å². The molecule has 0 aliphatic heterocycles. The highest BCUT2D eigenvalue weighted by Crippen LogP contribution is 2.21. The Bertz CT molecular complexity index is 575. The Morgan fingerprint density at radius 3 is 2.58 bits per heavy atom. The van der Waals surface area contributed by atoms with Crippen molar-refractivity contribution < 1.29 is 13.2 Å². The molecule has 0 spiro atoms. The van der Waals surface area contributed by atoms with Crippen molar-refractivity contribution in [1.82, 2.24) is 15.0 Å². The highest BCUT2D eigenvalue weighted by atomic mass is 35.5. The maximum atomic E-state index is 11.9. The molecule has 0 bridgehead atoms. The second-order valence-electron chi connectivity index (χ2n) is 3.99. The normalized spacial score (nSPS) is 11.6. The van der Waals surface area contributed by atoms with Crippen molar-refractivity contribution in [3.8, 4) is 0 Å². The molecule has 2 N–H and O–H groups in total. The van der Waals surface area contributed by atoms with E-state index in [9.17, 15) is 13.2 Å². The van der Waals surface area contributed by atoms with Crippen molar-refractivity contribution in [2.24, 2.45) is 0 Å². The van der Waals surface area contributed by atoms with Gasteiger partial charge in [-0.2, -0.15) is 0 Å². The molecule has 0 saturated heterocycles. The van der Waals surface area contributed by atoms with E-state index < -0.39 is 15.9 Å². The molecular formula is C10H13Cl2N3O3S. The number of pyridine rings is 1. The Kier molecular flexibility index (Phi) is 5.54. The standard InChI is InChI=1S/C10H13Cl2N3O3S/c1-6(2)15-9(16)5-14-19(17,18)7-3-8(11)10(12)13-4-7/h3-4,6,14H,5H2,1-2H3,(H,15,16). The highest BCUT2D eigenvalue weighted by Gasteiger charge is 2.17. The fraction of sp³-hybridized carbons (Fsp3) is 0.400. The molecule has 1 amide bonds. The zero-order valence-corrected chi connectivity index (χ0v) is 12.6. The molecule has 0 radical (unpaired) electrons. The number of carbonyl (C=O) groups excluding carboxylic acids is 1. The number of nitrogens with one attached hydrogen (secondary N) is 2. The Hall–Kier alpha value is -0.890. The first-order chi connectivity index (χ1) is 8.72. The van der Waals surface area contributed by atoms with Gasteiger partial charge in [0.1, 0.15) is 10.0 Å². The van der Waals surface area contributed by atoms with E-state index >= 15 is 0 Å². The number of sulfonamides is 1. The van der Waals surface area contributed by atoms with E-state index in [4.69, 9.17) is 23.2 Å². The summed E-state index contributed by atoms with van der Waals surface area (Å²) in [6.45, 7) is 3.19. The minimum Gasteiger partial charge on any atom is -0.353 e. The first-order valence-electron chi connectivity index (χ1n) is 5.32. The fourth-order valence-electron chi connectivity index (χ4n) is 1.17. The molecule has 106 valence electrons. The lowest BCUT2D eigenvalue weighted by Gasteiger charge is -2.10. The third kappa shape index (κ3) is 4.94. The van der Waals surface area contributed by atoms with Crippen molar-refractivity contribution >= 4 is 39.1 Å². The van der Waals surface area contributed by atoms with Crippen molar-refractivity contribution in [3.63, 3.8) is 0 Å². The molecule has 0 atom stereocenters. The smallest absolute Gasteiger partial charge is 0.242 e. The summed E-state index contributed by atoms with van der Waals surface area (Å²) in [5.74, 6) is -0.424. The molecule has 0 unspecified atom stereocenters. The molecule has 0 aliphatic carbocycles. The lowest BCUT2D eigenvalue weighted by atomic mass is 10.4. The van der Waals surface area contributed by atoms with Crippen LogP contribution in [0.3, 0.4) is 0 Å². The van der Waals surface area contributed by atoms with E-state index in [-0.39, 0.29) is 27.7 Å². The van der Waals surface area contributed by atoms with Crippen molar-refractivity contribution in [2.45, 2.75) is 24.8 Å². The van der Waals surface area contributed by atoms with Gasteiger partial charge in [-0.1, -0.05) is 23.2 Å². The van der Waals surface area contributed by atoms with E-state index in [1.54, 1.807) is 13.8 Å². The lowest BCUT2D eigenvalue weighted by molar-refractivity contribution is -0.120. The SMILES string of the molecule is CC(C)NC(=O)CNS(=O)(=O)c1cnc(Cl)c(Cl)c1. The molecule has 1 aromatic heterocycles. The van der Waals surface area contributed by atoms with Gasteiger partial charge >= 0.3 is 0 Å². The van der Waals surface area contributed by atoms with Gasteiger partial charge in [-0.15, -0.1) is 0 Å². The van der Waals surface area contributed by atoms with Gasteiger partial charge in [-0.05, 0) is 19.9 Å². The molecule has 9 heteroatoms. The summed E-state index contributed by atoms with van der Waals surface area (Å²) in [4.78, 5) is 14.8. The van der Waals surface area contributed by atoms with Gasteiger partial charge in [0, 0.05) is 12.2 Å². The maximum absolute atomic E-state index is 11.9. The largest absolute Gasteiger partial charge is 0.353 e. The quantitative estimate of drug-likeness (QED) is 0.796. The zero-order chi connectivity index (χ0) is 14.6. The number of rotatable bonds is 5. The number of amides is 1. The molecule has 0 saturated carbocycles. The summed E-state index contributed by atoms with van der Waals surface area (Å²) in [6.07, 6.45) is 1.07. The topological polar surface area (TPSA) is 88.2 Å². The number of nitrogens with zero attached hydrogens (tertiary/aromatic N) is 1. The Balaban J connectivity index is 2.76. The summed E-state index contributed by atoms with van der Waals surface area (Å²) >= 11 is 11.3. The van der Waals surface area contributed by atoms with E-state index in [2.05, 4.69) is 15.0 Å². The molecule has 0 fully saturated rings.